The Bertz CT molecular complexity index is 498. The molecule has 2 rings (SSSR count). The highest BCUT2D eigenvalue weighted by atomic mass is 16.5. The van der Waals surface area contributed by atoms with Gasteiger partial charge >= 0.3 is 5.88 Å². The fourth-order valence-electron chi connectivity index (χ4n) is 1.51. The Morgan fingerprint density at radius 1 is 1.25 bits per heavy atom. The van der Waals surface area contributed by atoms with Gasteiger partial charge in [-0.15, -0.1) is 4.91 Å². The fourth-order valence-corrected chi connectivity index (χ4v) is 1.51. The molecule has 16 heavy (non-hydrogen) atoms. The van der Waals surface area contributed by atoms with E-state index in [4.69, 9.17) is 4.74 Å². The maximum Gasteiger partial charge on any atom is 0.366 e. The molecule has 0 spiro atoms. The molecule has 0 unspecified atom stereocenters. The number of hydrogen-bond donors (Lipinski definition) is 0. The Kier molecular flexibility index (Phi) is 2.91. The molecule has 80 valence electrons. The van der Waals surface area contributed by atoms with Gasteiger partial charge in [-0.2, -0.15) is 4.98 Å². The number of benzene rings is 1. The monoisotopic (exact) mass is 215 g/mol. The molecule has 4 heteroatoms. The number of rotatable bonds is 3. The number of H-pyrrole nitrogens is 1. The van der Waals surface area contributed by atoms with Crippen LogP contribution in [0.3, 0.4) is 0 Å². The average molecular weight is 215 g/mol. The third-order valence-corrected chi connectivity index (χ3v) is 2.31. The molecule has 1 heterocycles. The van der Waals surface area contributed by atoms with Crippen molar-refractivity contribution in [1.29, 1.82) is 0 Å². The van der Waals surface area contributed by atoms with Crippen molar-refractivity contribution < 1.29 is 9.72 Å². The number of aromatic amines is 1. The summed E-state index contributed by atoms with van der Waals surface area (Å²) in [5.41, 5.74) is 2.06. The van der Waals surface area contributed by atoms with Gasteiger partial charge < -0.3 is 4.74 Å². The maximum atomic E-state index is 10.7. The summed E-state index contributed by atoms with van der Waals surface area (Å²) in [5.74, 6) is 0.589. The van der Waals surface area contributed by atoms with E-state index in [2.05, 4.69) is 10.2 Å². The second-order valence-corrected chi connectivity index (χ2v) is 3.26. The van der Waals surface area contributed by atoms with E-state index < -0.39 is 0 Å². The number of nitrogens with zero attached hydrogens (tertiary/aromatic N) is 1. The second-order valence-electron chi connectivity index (χ2n) is 3.26. The van der Waals surface area contributed by atoms with E-state index in [1.165, 1.54) is 6.20 Å². The van der Waals surface area contributed by atoms with Crippen molar-refractivity contribution in [2.45, 2.75) is 0 Å². The molecule has 0 saturated carbocycles. The molecule has 2 aromatic rings. The summed E-state index contributed by atoms with van der Waals surface area (Å²) in [6.07, 6.45) is 1.54. The smallest absolute Gasteiger partial charge is 0.366 e. The minimum absolute atomic E-state index is 0.368. The van der Waals surface area contributed by atoms with Gasteiger partial charge in [0.15, 0.2) is 11.9 Å². The lowest BCUT2D eigenvalue weighted by molar-refractivity contribution is -0.391. The standard InChI is InChI=1S/C12H10N2O2/c1-16-12-7-10(11(14-15)8-13-12)9-5-3-2-4-6-9/h2-8H,1H3/p+1. The van der Waals surface area contributed by atoms with Crippen LogP contribution in [0, 0.1) is 4.91 Å². The predicted octanol–water partition coefficient (Wildman–Crippen LogP) is 2.57. The molecule has 0 aliphatic heterocycles. The van der Waals surface area contributed by atoms with Gasteiger partial charge in [0, 0.05) is 5.56 Å². The first kappa shape index (κ1) is 10.3. The molecule has 0 bridgehead atoms. The molecule has 0 aliphatic rings. The Morgan fingerprint density at radius 2 is 2.00 bits per heavy atom. The van der Waals surface area contributed by atoms with Crippen LogP contribution < -0.4 is 9.72 Å². The third kappa shape index (κ3) is 1.91. The van der Waals surface area contributed by atoms with Crippen LogP contribution in [-0.4, -0.2) is 7.11 Å². The van der Waals surface area contributed by atoms with Crippen molar-refractivity contribution in [3.8, 4) is 17.0 Å². The molecule has 1 aromatic heterocycles. The van der Waals surface area contributed by atoms with E-state index in [-0.39, 0.29) is 0 Å². The zero-order valence-corrected chi connectivity index (χ0v) is 8.81. The topological polar surface area (TPSA) is 52.8 Å². The van der Waals surface area contributed by atoms with E-state index >= 15 is 0 Å². The Hall–Kier alpha value is -2.23. The Balaban J connectivity index is 2.57. The van der Waals surface area contributed by atoms with Crippen molar-refractivity contribution in [2.75, 3.05) is 7.11 Å². The summed E-state index contributed by atoms with van der Waals surface area (Å²) in [5, 5.41) is 2.99. The lowest BCUT2D eigenvalue weighted by Gasteiger charge is -2.02. The van der Waals surface area contributed by atoms with Crippen LogP contribution in [0.25, 0.3) is 11.1 Å². The van der Waals surface area contributed by atoms with Crippen molar-refractivity contribution in [3.05, 3.63) is 47.5 Å². The van der Waals surface area contributed by atoms with E-state index in [1.807, 2.05) is 30.3 Å². The van der Waals surface area contributed by atoms with Crippen LogP contribution in [0.2, 0.25) is 0 Å². The third-order valence-electron chi connectivity index (χ3n) is 2.31. The van der Waals surface area contributed by atoms with E-state index in [9.17, 15) is 4.91 Å². The molecule has 0 fully saturated rings. The van der Waals surface area contributed by atoms with Gasteiger partial charge in [0.05, 0.1) is 13.2 Å². The van der Waals surface area contributed by atoms with E-state index in [1.54, 1.807) is 13.2 Å². The van der Waals surface area contributed by atoms with Crippen LogP contribution in [-0.2, 0) is 0 Å². The molecule has 0 atom stereocenters. The summed E-state index contributed by atoms with van der Waals surface area (Å²) < 4.78 is 5.08. The number of nitroso groups, excluding NO2 is 1. The molecule has 0 radical (unpaired) electrons. The molecule has 0 saturated heterocycles. The van der Waals surface area contributed by atoms with E-state index in [0.29, 0.717) is 11.6 Å². The first-order valence-corrected chi connectivity index (χ1v) is 4.83. The summed E-state index contributed by atoms with van der Waals surface area (Å²) in [6.45, 7) is 0. The minimum atomic E-state index is 0.368. The second kappa shape index (κ2) is 4.53. The number of pyridine rings is 1. The van der Waals surface area contributed by atoms with Gasteiger partial charge in [0.1, 0.15) is 0 Å². The Morgan fingerprint density at radius 3 is 2.62 bits per heavy atom. The maximum absolute atomic E-state index is 10.7. The van der Waals surface area contributed by atoms with Gasteiger partial charge in [-0.3, -0.25) is 0 Å². The highest BCUT2D eigenvalue weighted by Gasteiger charge is 2.12. The zero-order chi connectivity index (χ0) is 11.4. The van der Waals surface area contributed by atoms with Crippen molar-refractivity contribution in [2.24, 2.45) is 5.18 Å². The number of ether oxygens (including phenoxy) is 1. The SMILES string of the molecule is COc1cc(-c2ccccc2)c(N=O)c[nH+]1. The van der Waals surface area contributed by atoms with Crippen molar-refractivity contribution in [3.63, 3.8) is 0 Å². The number of hydrogen-bond acceptors (Lipinski definition) is 3. The van der Waals surface area contributed by atoms with E-state index in [0.717, 1.165) is 11.1 Å². The largest absolute Gasteiger partial charge is 0.448 e. The number of nitrogens with one attached hydrogen (secondary N) is 1. The molecular formula is C12H11N2O2+. The summed E-state index contributed by atoms with van der Waals surface area (Å²) in [4.78, 5) is 13.5. The Labute approximate surface area is 92.9 Å². The van der Waals surface area contributed by atoms with Crippen LogP contribution in [0.1, 0.15) is 0 Å². The average Bonchev–Trinajstić information content (AvgIpc) is 2.39. The number of aromatic nitrogens is 1. The highest BCUT2D eigenvalue weighted by molar-refractivity contribution is 5.75. The van der Waals surface area contributed by atoms with Gasteiger partial charge in [0.2, 0.25) is 0 Å². The van der Waals surface area contributed by atoms with Crippen LogP contribution in [0.5, 0.6) is 5.88 Å². The first-order valence-electron chi connectivity index (χ1n) is 4.83. The van der Waals surface area contributed by atoms with Crippen LogP contribution in [0.15, 0.2) is 47.8 Å². The lowest BCUT2D eigenvalue weighted by Crippen LogP contribution is -2.06. The molecule has 0 amide bonds. The van der Waals surface area contributed by atoms with Gasteiger partial charge in [0.25, 0.3) is 0 Å². The molecule has 0 aliphatic carbocycles. The quantitative estimate of drug-likeness (QED) is 0.739. The summed E-state index contributed by atoms with van der Waals surface area (Å²) >= 11 is 0. The van der Waals surface area contributed by atoms with Crippen LogP contribution >= 0.6 is 0 Å². The first-order chi connectivity index (χ1) is 7.85. The van der Waals surface area contributed by atoms with Gasteiger partial charge in [-0.1, -0.05) is 30.3 Å². The molecule has 1 aromatic carbocycles. The van der Waals surface area contributed by atoms with Crippen molar-refractivity contribution in [1.82, 2.24) is 0 Å². The van der Waals surface area contributed by atoms with Gasteiger partial charge in [-0.05, 0) is 10.7 Å². The molecule has 1 N–H and O–H groups in total. The summed E-state index contributed by atoms with van der Waals surface area (Å²) in [6, 6.07) is 11.3. The zero-order valence-electron chi connectivity index (χ0n) is 8.81. The van der Waals surface area contributed by atoms with Crippen LogP contribution in [0.4, 0.5) is 5.69 Å². The van der Waals surface area contributed by atoms with Gasteiger partial charge in [-0.25, -0.2) is 0 Å². The highest BCUT2D eigenvalue weighted by Crippen LogP contribution is 2.30. The summed E-state index contributed by atoms with van der Waals surface area (Å²) in [7, 11) is 1.56. The number of methoxy groups -OCH3 is 1. The fraction of sp³-hybridized carbons (Fsp3) is 0.0833. The molecular weight excluding hydrogens is 204 g/mol. The predicted molar refractivity (Wildman–Crippen MR) is 60.4 cm³/mol. The van der Waals surface area contributed by atoms with Crippen molar-refractivity contribution >= 4 is 5.69 Å². The molecule has 4 nitrogen and oxygen atoms in total. The normalized spacial score (nSPS) is 9.81. The minimum Gasteiger partial charge on any atom is -0.448 e. The lowest BCUT2D eigenvalue weighted by atomic mass is 10.1.